The number of nitrogens with zero attached hydrogens (tertiary/aromatic N) is 2. The Bertz CT molecular complexity index is 1050. The van der Waals surface area contributed by atoms with Gasteiger partial charge < -0.3 is 10.2 Å². The van der Waals surface area contributed by atoms with Crippen LogP contribution in [0, 0.1) is 0 Å². The van der Waals surface area contributed by atoms with Crippen molar-refractivity contribution < 1.29 is 17.6 Å². The lowest BCUT2D eigenvalue weighted by atomic mass is 9.34. The van der Waals surface area contributed by atoms with Crippen LogP contribution >= 0.6 is 27.3 Å². The maximum Gasteiger partial charge on any atom is 0.286 e. The molecule has 0 aromatic carbocycles. The molecule has 2 aromatic rings. The van der Waals surface area contributed by atoms with Gasteiger partial charge in [-0.1, -0.05) is 0 Å². The number of thiazole rings is 1. The molecule has 7 nitrogen and oxygen atoms in total. The van der Waals surface area contributed by atoms with Crippen LogP contribution in [-0.4, -0.2) is 30.5 Å². The molecule has 0 aliphatic heterocycles. The lowest BCUT2D eigenvalue weighted by Gasteiger charge is -2.69. The first-order valence-corrected chi connectivity index (χ1v) is 11.7. The van der Waals surface area contributed by atoms with Crippen molar-refractivity contribution in [2.24, 2.45) is 5.73 Å². The predicted molar refractivity (Wildman–Crippen MR) is 97.8 cm³/mol. The van der Waals surface area contributed by atoms with Crippen molar-refractivity contribution in [3.05, 3.63) is 32.3 Å². The predicted octanol–water partition coefficient (Wildman–Crippen LogP) is 2.40. The topological polar surface area (TPSA) is 116 Å². The molecule has 0 saturated heterocycles. The van der Waals surface area contributed by atoms with Gasteiger partial charge in [0.1, 0.15) is 4.75 Å². The number of rotatable bonds is 5. The number of oxazole rings is 1. The third-order valence-corrected chi connectivity index (χ3v) is 9.84. The van der Waals surface area contributed by atoms with Crippen LogP contribution in [0.3, 0.4) is 0 Å². The fourth-order valence-corrected chi connectivity index (χ4v) is 7.30. The standard InChI is InChI=1S/C16H16BrN3O4S2/c1-26(22,23)16(2-3-16)12-20-10(9(24-12)11(18)21)14-5-15(6-14,7-14)13-19-4-8(17)25-13/h4H,2-3,5-7H2,1H3,(H2,18,21). The second-order valence-corrected chi connectivity index (χ2v) is 12.6. The summed E-state index contributed by atoms with van der Waals surface area (Å²) < 4.78 is 29.9. The van der Waals surface area contributed by atoms with Gasteiger partial charge in [-0.05, 0) is 48.0 Å². The molecule has 4 fully saturated rings. The van der Waals surface area contributed by atoms with Gasteiger partial charge in [-0.25, -0.2) is 18.4 Å². The molecule has 0 atom stereocenters. The minimum Gasteiger partial charge on any atom is -0.433 e. The number of carbonyl (C=O) groups excluding carboxylic acids is 1. The monoisotopic (exact) mass is 457 g/mol. The molecule has 2 N–H and O–H groups in total. The van der Waals surface area contributed by atoms with Gasteiger partial charge in [0.15, 0.2) is 9.84 Å². The average Bonchev–Trinajstić information content (AvgIpc) is 3.00. The van der Waals surface area contributed by atoms with Gasteiger partial charge in [-0.2, -0.15) is 0 Å². The van der Waals surface area contributed by atoms with Gasteiger partial charge in [-0.3, -0.25) is 4.79 Å². The zero-order chi connectivity index (χ0) is 18.5. The number of hydrogen-bond donors (Lipinski definition) is 1. The zero-order valence-corrected chi connectivity index (χ0v) is 17.1. The van der Waals surface area contributed by atoms with Crippen LogP contribution in [0.15, 0.2) is 14.4 Å². The Morgan fingerprint density at radius 2 is 1.96 bits per heavy atom. The number of halogens is 1. The van der Waals surface area contributed by atoms with E-state index in [1.807, 2.05) is 0 Å². The summed E-state index contributed by atoms with van der Waals surface area (Å²) in [6, 6.07) is 0. The van der Waals surface area contributed by atoms with E-state index in [0.29, 0.717) is 18.5 Å². The molecule has 2 aromatic heterocycles. The molecular formula is C16H16BrN3O4S2. The van der Waals surface area contributed by atoms with Crippen molar-refractivity contribution in [2.45, 2.75) is 47.7 Å². The Morgan fingerprint density at radius 3 is 2.42 bits per heavy atom. The van der Waals surface area contributed by atoms with E-state index in [0.717, 1.165) is 28.1 Å². The van der Waals surface area contributed by atoms with Crippen LogP contribution in [0.2, 0.25) is 0 Å². The Morgan fingerprint density at radius 1 is 1.31 bits per heavy atom. The van der Waals surface area contributed by atoms with Crippen molar-refractivity contribution in [3.8, 4) is 0 Å². The Kier molecular flexibility index (Phi) is 3.10. The molecule has 4 aliphatic rings. The molecule has 2 bridgehead atoms. The summed E-state index contributed by atoms with van der Waals surface area (Å²) in [6.07, 6.45) is 6.42. The third-order valence-electron chi connectivity index (χ3n) is 6.12. The minimum atomic E-state index is -3.37. The number of amides is 1. The van der Waals surface area contributed by atoms with Gasteiger partial charge in [0.25, 0.3) is 5.91 Å². The van der Waals surface area contributed by atoms with E-state index in [4.69, 9.17) is 10.2 Å². The average molecular weight is 458 g/mol. The van der Waals surface area contributed by atoms with Gasteiger partial charge >= 0.3 is 0 Å². The van der Waals surface area contributed by atoms with E-state index in [2.05, 4.69) is 25.9 Å². The molecule has 1 amide bonds. The molecule has 0 spiro atoms. The van der Waals surface area contributed by atoms with Crippen LogP contribution in [0.1, 0.15) is 59.3 Å². The number of carbonyl (C=O) groups is 1. The fraction of sp³-hybridized carbons (Fsp3) is 0.562. The normalized spacial score (nSPS) is 31.2. The highest BCUT2D eigenvalue weighted by Gasteiger charge is 2.72. The number of hydrogen-bond acceptors (Lipinski definition) is 7. The van der Waals surface area contributed by atoms with E-state index in [9.17, 15) is 13.2 Å². The van der Waals surface area contributed by atoms with Crippen LogP contribution in [0.4, 0.5) is 0 Å². The molecule has 4 saturated carbocycles. The van der Waals surface area contributed by atoms with E-state index in [-0.39, 0.29) is 22.5 Å². The molecule has 10 heteroatoms. The summed E-state index contributed by atoms with van der Waals surface area (Å²) in [5.74, 6) is -0.554. The minimum absolute atomic E-state index is 0.0172. The Labute approximate surface area is 162 Å². The van der Waals surface area contributed by atoms with Crippen molar-refractivity contribution in [2.75, 3.05) is 6.26 Å². The summed E-state index contributed by atoms with van der Waals surface area (Å²) in [5, 5.41) is 1.09. The third kappa shape index (κ3) is 1.98. The van der Waals surface area contributed by atoms with Crippen molar-refractivity contribution in [1.82, 2.24) is 9.97 Å². The number of primary amides is 1. The molecule has 4 aliphatic carbocycles. The maximum atomic E-state index is 12.2. The summed E-state index contributed by atoms with van der Waals surface area (Å²) in [6.45, 7) is 0. The Hall–Kier alpha value is -1.26. The molecule has 138 valence electrons. The molecule has 0 radical (unpaired) electrons. The van der Waals surface area contributed by atoms with Crippen LogP contribution in [0.5, 0.6) is 0 Å². The van der Waals surface area contributed by atoms with Crippen molar-refractivity contribution in [3.63, 3.8) is 0 Å². The summed E-state index contributed by atoms with van der Waals surface area (Å²) in [7, 11) is -3.37. The van der Waals surface area contributed by atoms with E-state index >= 15 is 0 Å². The van der Waals surface area contributed by atoms with Gasteiger partial charge in [0.2, 0.25) is 11.7 Å². The van der Waals surface area contributed by atoms with E-state index in [1.165, 1.54) is 6.26 Å². The highest BCUT2D eigenvalue weighted by molar-refractivity contribution is 9.11. The lowest BCUT2D eigenvalue weighted by Crippen LogP contribution is -2.67. The molecule has 6 rings (SSSR count). The molecule has 0 unspecified atom stereocenters. The first-order chi connectivity index (χ1) is 12.1. The highest BCUT2D eigenvalue weighted by atomic mass is 79.9. The van der Waals surface area contributed by atoms with E-state index in [1.54, 1.807) is 17.5 Å². The summed E-state index contributed by atoms with van der Waals surface area (Å²) in [5.41, 5.74) is 5.83. The smallest absolute Gasteiger partial charge is 0.286 e. The largest absolute Gasteiger partial charge is 0.433 e. The first-order valence-electron chi connectivity index (χ1n) is 8.24. The van der Waals surface area contributed by atoms with Gasteiger partial charge in [0.05, 0.1) is 20.7 Å². The molecule has 26 heavy (non-hydrogen) atoms. The zero-order valence-electron chi connectivity index (χ0n) is 13.9. The van der Waals surface area contributed by atoms with Gasteiger partial charge in [0, 0.05) is 17.1 Å². The second-order valence-electron chi connectivity index (χ2n) is 7.89. The first kappa shape index (κ1) is 16.9. The second kappa shape index (κ2) is 4.77. The number of sulfone groups is 1. The van der Waals surface area contributed by atoms with Crippen LogP contribution in [0.25, 0.3) is 0 Å². The lowest BCUT2D eigenvalue weighted by molar-refractivity contribution is -0.0728. The van der Waals surface area contributed by atoms with E-state index < -0.39 is 20.5 Å². The highest BCUT2D eigenvalue weighted by Crippen LogP contribution is 2.74. The maximum absolute atomic E-state index is 12.2. The molecular weight excluding hydrogens is 442 g/mol. The van der Waals surface area contributed by atoms with Crippen molar-refractivity contribution in [1.29, 1.82) is 0 Å². The quantitative estimate of drug-likeness (QED) is 0.736. The summed E-state index contributed by atoms with van der Waals surface area (Å²) >= 11 is 5.07. The fourth-order valence-electron chi connectivity index (χ4n) is 4.66. The Balaban J connectivity index is 1.51. The van der Waals surface area contributed by atoms with Crippen LogP contribution < -0.4 is 5.73 Å². The number of nitrogens with two attached hydrogens (primary N) is 1. The summed E-state index contributed by atoms with van der Waals surface area (Å²) in [4.78, 5) is 20.9. The molecule has 2 heterocycles. The van der Waals surface area contributed by atoms with Crippen molar-refractivity contribution >= 4 is 43.0 Å². The SMILES string of the molecule is CS(=O)(=O)C1(c2nc(C34CC(c5ncc(Br)s5)(C3)C4)c(C(N)=O)o2)CC1. The number of aromatic nitrogens is 2. The van der Waals surface area contributed by atoms with Gasteiger partial charge in [-0.15, -0.1) is 11.3 Å². The van der Waals surface area contributed by atoms with Crippen LogP contribution in [-0.2, 0) is 25.4 Å².